The molecule has 0 atom stereocenters. The molecule has 234 valence electrons. The van der Waals surface area contributed by atoms with Crippen LogP contribution in [0, 0.1) is 0 Å². The van der Waals surface area contributed by atoms with Crippen LogP contribution in [0.5, 0.6) is 23.0 Å². The van der Waals surface area contributed by atoms with Gasteiger partial charge in [-0.05, 0) is 61.8 Å². The molecule has 4 aromatic carbocycles. The average molecular weight is 619 g/mol. The van der Waals surface area contributed by atoms with Gasteiger partial charge in [0.2, 0.25) is 0 Å². The van der Waals surface area contributed by atoms with Crippen molar-refractivity contribution in [1.82, 2.24) is 19.8 Å². The molecule has 0 bridgehead atoms. The number of amides is 2. The zero-order chi connectivity index (χ0) is 31.7. The minimum Gasteiger partial charge on any atom is -0.508 e. The molecule has 2 aliphatic heterocycles. The molecule has 2 amide bonds. The van der Waals surface area contributed by atoms with Crippen LogP contribution >= 0.6 is 0 Å². The molecular weight excluding hydrogens is 584 g/mol. The van der Waals surface area contributed by atoms with Crippen LogP contribution in [0.2, 0.25) is 0 Å². The van der Waals surface area contributed by atoms with Crippen LogP contribution in [-0.2, 0) is 13.0 Å². The first kappa shape index (κ1) is 28.3. The van der Waals surface area contributed by atoms with Crippen LogP contribution in [0.3, 0.4) is 0 Å². The van der Waals surface area contributed by atoms with Gasteiger partial charge < -0.3 is 34.1 Å². The van der Waals surface area contributed by atoms with Crippen molar-refractivity contribution in [1.29, 1.82) is 0 Å². The third kappa shape index (κ3) is 4.20. The lowest BCUT2D eigenvalue weighted by atomic mass is 9.95. The predicted molar refractivity (Wildman–Crippen MR) is 177 cm³/mol. The van der Waals surface area contributed by atoms with Crippen LogP contribution in [-0.4, -0.2) is 70.3 Å². The Morgan fingerprint density at radius 1 is 0.804 bits per heavy atom. The zero-order valence-electron chi connectivity index (χ0n) is 25.7. The number of nitrogens with zero attached hydrogens (tertiary/aromatic N) is 2. The minimum absolute atomic E-state index is 0.0981. The van der Waals surface area contributed by atoms with Crippen molar-refractivity contribution in [2.45, 2.75) is 32.2 Å². The summed E-state index contributed by atoms with van der Waals surface area (Å²) in [7, 11) is 3.19. The van der Waals surface area contributed by atoms with Gasteiger partial charge in [-0.2, -0.15) is 0 Å². The number of nitrogens with one attached hydrogen (secondary N) is 2. The lowest BCUT2D eigenvalue weighted by Crippen LogP contribution is -2.32. The number of ether oxygens (including phenoxy) is 2. The van der Waals surface area contributed by atoms with Gasteiger partial charge in [-0.15, -0.1) is 0 Å². The van der Waals surface area contributed by atoms with E-state index in [4.69, 9.17) is 9.47 Å². The van der Waals surface area contributed by atoms with Gasteiger partial charge in [0.1, 0.15) is 23.0 Å². The molecule has 0 radical (unpaired) electrons. The highest BCUT2D eigenvalue weighted by molar-refractivity contribution is 6.39. The van der Waals surface area contributed by atoms with Gasteiger partial charge in [-0.3, -0.25) is 14.9 Å². The van der Waals surface area contributed by atoms with Crippen LogP contribution in [0.4, 0.5) is 0 Å². The van der Waals surface area contributed by atoms with E-state index in [2.05, 4.69) is 19.8 Å². The van der Waals surface area contributed by atoms with E-state index < -0.39 is 11.8 Å². The molecule has 46 heavy (non-hydrogen) atoms. The number of methoxy groups -OCH3 is 2. The molecule has 0 unspecified atom stereocenters. The topological polar surface area (TPSA) is 129 Å². The normalized spacial score (nSPS) is 15.3. The number of imide groups is 1. The molecule has 0 aliphatic carbocycles. The summed E-state index contributed by atoms with van der Waals surface area (Å²) in [6.07, 6.45) is 3.91. The Hall–Kier alpha value is -5.22. The number of rotatable bonds is 7. The van der Waals surface area contributed by atoms with Crippen molar-refractivity contribution in [3.05, 3.63) is 70.8 Å². The highest BCUT2D eigenvalue weighted by atomic mass is 16.5. The molecule has 0 spiro atoms. The number of H-pyrrole nitrogens is 1. The van der Waals surface area contributed by atoms with E-state index in [9.17, 15) is 19.8 Å². The predicted octanol–water partition coefficient (Wildman–Crippen LogP) is 5.82. The maximum absolute atomic E-state index is 13.5. The summed E-state index contributed by atoms with van der Waals surface area (Å²) in [5.41, 5.74) is 5.10. The van der Waals surface area contributed by atoms with Crippen molar-refractivity contribution in [2.75, 3.05) is 33.9 Å². The van der Waals surface area contributed by atoms with Crippen LogP contribution in [0.15, 0.2) is 48.5 Å². The van der Waals surface area contributed by atoms with Gasteiger partial charge in [-0.1, -0.05) is 12.5 Å². The third-order valence-corrected chi connectivity index (χ3v) is 9.72. The Balaban J connectivity index is 1.44. The van der Waals surface area contributed by atoms with Gasteiger partial charge in [0, 0.05) is 58.8 Å². The van der Waals surface area contributed by atoms with E-state index in [1.807, 2.05) is 18.2 Å². The van der Waals surface area contributed by atoms with Gasteiger partial charge >= 0.3 is 0 Å². The maximum Gasteiger partial charge on any atom is 0.259 e. The highest BCUT2D eigenvalue weighted by Gasteiger charge is 2.36. The fourth-order valence-electron chi connectivity index (χ4n) is 7.55. The summed E-state index contributed by atoms with van der Waals surface area (Å²) in [4.78, 5) is 33.1. The summed E-state index contributed by atoms with van der Waals surface area (Å²) in [6, 6.07) is 14.2. The van der Waals surface area contributed by atoms with E-state index in [0.29, 0.717) is 63.0 Å². The number of carbonyl (C=O) groups is 2. The van der Waals surface area contributed by atoms with Gasteiger partial charge in [0.05, 0.1) is 47.4 Å². The summed E-state index contributed by atoms with van der Waals surface area (Å²) in [6.45, 7) is 3.51. The number of piperidine rings is 1. The fourth-order valence-corrected chi connectivity index (χ4v) is 7.55. The van der Waals surface area contributed by atoms with Crippen LogP contribution in [0.1, 0.15) is 51.1 Å². The molecule has 1 saturated heterocycles. The van der Waals surface area contributed by atoms with E-state index in [-0.39, 0.29) is 11.5 Å². The number of carbonyl (C=O) groups excluding carboxylic acids is 2. The largest absolute Gasteiger partial charge is 0.508 e. The number of aromatic hydroxyl groups is 2. The molecule has 8 rings (SSSR count). The van der Waals surface area contributed by atoms with E-state index in [0.717, 1.165) is 47.0 Å². The van der Waals surface area contributed by atoms with Crippen molar-refractivity contribution >= 4 is 55.4 Å². The van der Waals surface area contributed by atoms with Crippen molar-refractivity contribution in [3.8, 4) is 23.0 Å². The van der Waals surface area contributed by atoms with Crippen molar-refractivity contribution < 1.29 is 29.3 Å². The molecule has 4 heterocycles. The number of likely N-dealkylation sites (tertiary alicyclic amines) is 1. The molecule has 0 saturated carbocycles. The molecule has 2 aliphatic rings. The van der Waals surface area contributed by atoms with E-state index >= 15 is 0 Å². The number of fused-ring (bicyclic) bond motifs is 10. The fraction of sp³-hybridized carbons (Fsp3) is 0.278. The summed E-state index contributed by atoms with van der Waals surface area (Å²) >= 11 is 0. The lowest BCUT2D eigenvalue weighted by Gasteiger charge is -2.26. The van der Waals surface area contributed by atoms with Gasteiger partial charge in [0.25, 0.3) is 11.8 Å². The Labute approximate surface area is 264 Å². The molecular formula is C36H34N4O6. The first-order chi connectivity index (χ1) is 22.4. The lowest BCUT2D eigenvalue weighted by molar-refractivity contribution is 0.0880. The SMILES string of the molecule is COc1ccc(Cc2c(O)ccc3c2[nH]c2c3c3c(c4c5ccc(O)cc5n(CCN5CCCCC5)c24)C(=O)NC3=O)c(OC)c1. The van der Waals surface area contributed by atoms with Gasteiger partial charge in [0.15, 0.2) is 0 Å². The first-order valence-electron chi connectivity index (χ1n) is 15.6. The monoisotopic (exact) mass is 618 g/mol. The Morgan fingerprint density at radius 3 is 2.33 bits per heavy atom. The Morgan fingerprint density at radius 2 is 1.57 bits per heavy atom. The number of hydrogen-bond donors (Lipinski definition) is 4. The number of aromatic amines is 1. The second-order valence-electron chi connectivity index (χ2n) is 12.2. The van der Waals surface area contributed by atoms with Gasteiger partial charge in [-0.25, -0.2) is 0 Å². The minimum atomic E-state index is -0.452. The second-order valence-corrected chi connectivity index (χ2v) is 12.2. The first-order valence-corrected chi connectivity index (χ1v) is 15.6. The van der Waals surface area contributed by atoms with E-state index in [1.54, 1.807) is 44.6 Å². The van der Waals surface area contributed by atoms with Crippen molar-refractivity contribution in [2.24, 2.45) is 0 Å². The Bertz CT molecular complexity index is 2240. The van der Waals surface area contributed by atoms with Crippen LogP contribution < -0.4 is 14.8 Å². The maximum atomic E-state index is 13.5. The second kappa shape index (κ2) is 10.7. The average Bonchev–Trinajstić information content (AvgIpc) is 3.70. The van der Waals surface area contributed by atoms with E-state index in [1.165, 1.54) is 19.3 Å². The molecule has 10 heteroatoms. The van der Waals surface area contributed by atoms with Crippen LogP contribution in [0.25, 0.3) is 43.6 Å². The standard InChI is InChI=1S/C36H34N4O6/c1-45-21-8-6-19(27(18-21)46-2)16-24-26(42)11-10-23-28-30-31(36(44)38-35(30)43)29-22-9-7-20(41)17-25(22)40(34(29)33(28)37-32(23)24)15-14-39-12-4-3-5-13-39/h6-11,17-18,37,41-42H,3-5,12-16H2,1-2H3,(H,38,43,44). The summed E-state index contributed by atoms with van der Waals surface area (Å²) in [5.74, 6) is 0.614. The molecule has 10 nitrogen and oxygen atoms in total. The number of phenolic OH excluding ortho intramolecular Hbond substituents is 2. The quantitative estimate of drug-likeness (QED) is 0.166. The summed E-state index contributed by atoms with van der Waals surface area (Å²) < 4.78 is 13.2. The molecule has 1 fully saturated rings. The van der Waals surface area contributed by atoms with Crippen molar-refractivity contribution in [3.63, 3.8) is 0 Å². The number of benzene rings is 4. The Kier molecular flexibility index (Phi) is 6.57. The molecule has 2 aromatic heterocycles. The third-order valence-electron chi connectivity index (χ3n) is 9.72. The zero-order valence-corrected chi connectivity index (χ0v) is 25.7. The molecule has 4 N–H and O–H groups in total. The highest BCUT2D eigenvalue weighted by Crippen LogP contribution is 2.46. The number of hydrogen-bond acceptors (Lipinski definition) is 7. The summed E-state index contributed by atoms with van der Waals surface area (Å²) in [5, 5.41) is 27.2. The number of phenols is 2. The smallest absolute Gasteiger partial charge is 0.259 e. The molecule has 6 aromatic rings. The number of aromatic nitrogens is 2.